The number of hydrogen-bond donors (Lipinski definition) is 0. The fourth-order valence-corrected chi connectivity index (χ4v) is 2.81. The molecular formula is C10H18N2O. The van der Waals surface area contributed by atoms with E-state index < -0.39 is 0 Å². The van der Waals surface area contributed by atoms with Crippen LogP contribution in [0.4, 0.5) is 0 Å². The summed E-state index contributed by atoms with van der Waals surface area (Å²) in [5.41, 5.74) is 0. The molecule has 13 heavy (non-hydrogen) atoms. The van der Waals surface area contributed by atoms with Crippen LogP contribution in [0, 0.1) is 0 Å². The van der Waals surface area contributed by atoms with Crippen molar-refractivity contribution in [2.24, 2.45) is 0 Å². The lowest BCUT2D eigenvalue weighted by Crippen LogP contribution is -2.48. The molecule has 0 aliphatic carbocycles. The highest BCUT2D eigenvalue weighted by molar-refractivity contribution is 5.74. The van der Waals surface area contributed by atoms with Gasteiger partial charge in [0, 0.05) is 25.6 Å². The SMILES string of the molecule is CC(=O)N1CCC2C1CCCN2C. The lowest BCUT2D eigenvalue weighted by molar-refractivity contribution is -0.130. The predicted molar refractivity (Wildman–Crippen MR) is 51.4 cm³/mol. The monoisotopic (exact) mass is 182 g/mol. The molecule has 74 valence electrons. The number of amides is 1. The first-order chi connectivity index (χ1) is 6.20. The first-order valence-electron chi connectivity index (χ1n) is 5.17. The lowest BCUT2D eigenvalue weighted by Gasteiger charge is -2.37. The van der Waals surface area contributed by atoms with E-state index in [4.69, 9.17) is 0 Å². The third kappa shape index (κ3) is 1.46. The van der Waals surface area contributed by atoms with Gasteiger partial charge in [0.2, 0.25) is 5.91 Å². The van der Waals surface area contributed by atoms with Gasteiger partial charge in [-0.15, -0.1) is 0 Å². The Hall–Kier alpha value is -0.570. The van der Waals surface area contributed by atoms with Crippen LogP contribution in [-0.4, -0.2) is 47.9 Å². The maximum absolute atomic E-state index is 11.3. The molecule has 2 saturated heterocycles. The van der Waals surface area contributed by atoms with E-state index in [1.165, 1.54) is 25.8 Å². The first kappa shape index (κ1) is 9.00. The summed E-state index contributed by atoms with van der Waals surface area (Å²) in [5, 5.41) is 0. The van der Waals surface area contributed by atoms with Crippen molar-refractivity contribution in [3.8, 4) is 0 Å². The van der Waals surface area contributed by atoms with E-state index in [1.807, 2.05) is 0 Å². The molecule has 2 fully saturated rings. The van der Waals surface area contributed by atoms with Crippen molar-refractivity contribution in [1.29, 1.82) is 0 Å². The Morgan fingerprint density at radius 1 is 1.23 bits per heavy atom. The zero-order valence-electron chi connectivity index (χ0n) is 8.49. The summed E-state index contributed by atoms with van der Waals surface area (Å²) in [6.07, 6.45) is 3.61. The number of piperidine rings is 1. The molecule has 1 amide bonds. The van der Waals surface area contributed by atoms with Crippen LogP contribution in [0.3, 0.4) is 0 Å². The minimum Gasteiger partial charge on any atom is -0.338 e. The topological polar surface area (TPSA) is 23.6 Å². The van der Waals surface area contributed by atoms with Crippen molar-refractivity contribution in [1.82, 2.24) is 9.80 Å². The zero-order valence-corrected chi connectivity index (χ0v) is 8.49. The van der Waals surface area contributed by atoms with E-state index in [9.17, 15) is 4.79 Å². The number of rotatable bonds is 0. The molecule has 0 N–H and O–H groups in total. The maximum Gasteiger partial charge on any atom is 0.219 e. The van der Waals surface area contributed by atoms with Gasteiger partial charge in [0.05, 0.1) is 0 Å². The highest BCUT2D eigenvalue weighted by Crippen LogP contribution is 2.29. The Labute approximate surface area is 79.7 Å². The van der Waals surface area contributed by atoms with Crippen LogP contribution in [-0.2, 0) is 4.79 Å². The van der Waals surface area contributed by atoms with Crippen molar-refractivity contribution in [3.63, 3.8) is 0 Å². The quantitative estimate of drug-likeness (QED) is 0.550. The predicted octanol–water partition coefficient (Wildman–Crippen LogP) is 0.701. The maximum atomic E-state index is 11.3. The van der Waals surface area contributed by atoms with Gasteiger partial charge in [-0.3, -0.25) is 4.79 Å². The minimum absolute atomic E-state index is 0.253. The summed E-state index contributed by atoms with van der Waals surface area (Å²) in [5.74, 6) is 0.253. The average Bonchev–Trinajstić information content (AvgIpc) is 2.48. The van der Waals surface area contributed by atoms with Crippen LogP contribution in [0.15, 0.2) is 0 Å². The highest BCUT2D eigenvalue weighted by atomic mass is 16.2. The molecule has 0 bridgehead atoms. The molecule has 2 aliphatic rings. The Kier molecular flexibility index (Phi) is 2.28. The summed E-state index contributed by atoms with van der Waals surface area (Å²) in [4.78, 5) is 15.8. The molecule has 2 rings (SSSR count). The van der Waals surface area contributed by atoms with Crippen LogP contribution in [0.1, 0.15) is 26.2 Å². The normalized spacial score (nSPS) is 34.8. The standard InChI is InChI=1S/C10H18N2O/c1-8(13)12-7-5-9-10(12)4-3-6-11(9)2/h9-10H,3-7H2,1-2H3. The number of fused-ring (bicyclic) bond motifs is 1. The smallest absolute Gasteiger partial charge is 0.219 e. The number of carbonyl (C=O) groups is 1. The van der Waals surface area contributed by atoms with Crippen molar-refractivity contribution in [3.05, 3.63) is 0 Å². The Balaban J connectivity index is 2.10. The van der Waals surface area contributed by atoms with E-state index in [0.717, 1.165) is 6.54 Å². The first-order valence-corrected chi connectivity index (χ1v) is 5.17. The van der Waals surface area contributed by atoms with Gasteiger partial charge in [-0.05, 0) is 32.9 Å². The van der Waals surface area contributed by atoms with Crippen LogP contribution in [0.5, 0.6) is 0 Å². The molecule has 2 unspecified atom stereocenters. The second-order valence-corrected chi connectivity index (χ2v) is 4.26. The third-order valence-corrected chi connectivity index (χ3v) is 3.49. The van der Waals surface area contributed by atoms with Crippen LogP contribution in [0.25, 0.3) is 0 Å². The van der Waals surface area contributed by atoms with E-state index in [-0.39, 0.29) is 5.91 Å². The second-order valence-electron chi connectivity index (χ2n) is 4.26. The molecule has 0 aromatic rings. The number of likely N-dealkylation sites (tertiary alicyclic amines) is 2. The van der Waals surface area contributed by atoms with E-state index >= 15 is 0 Å². The molecule has 0 spiro atoms. The summed E-state index contributed by atoms with van der Waals surface area (Å²) in [6.45, 7) is 3.86. The van der Waals surface area contributed by atoms with E-state index in [2.05, 4.69) is 16.8 Å². The Morgan fingerprint density at radius 3 is 2.69 bits per heavy atom. The van der Waals surface area contributed by atoms with Gasteiger partial charge in [0.1, 0.15) is 0 Å². The molecule has 0 aromatic heterocycles. The molecule has 0 saturated carbocycles. The van der Waals surface area contributed by atoms with Gasteiger partial charge in [-0.25, -0.2) is 0 Å². The van der Waals surface area contributed by atoms with Gasteiger partial charge in [-0.2, -0.15) is 0 Å². The lowest BCUT2D eigenvalue weighted by atomic mass is 9.98. The van der Waals surface area contributed by atoms with Crippen molar-refractivity contribution in [2.75, 3.05) is 20.1 Å². The largest absolute Gasteiger partial charge is 0.338 e. The average molecular weight is 182 g/mol. The summed E-state index contributed by atoms with van der Waals surface area (Å²) in [7, 11) is 2.18. The van der Waals surface area contributed by atoms with Crippen molar-refractivity contribution in [2.45, 2.75) is 38.3 Å². The van der Waals surface area contributed by atoms with Gasteiger partial charge in [-0.1, -0.05) is 0 Å². The van der Waals surface area contributed by atoms with Gasteiger partial charge in [0.15, 0.2) is 0 Å². The molecule has 3 heteroatoms. The number of carbonyl (C=O) groups excluding carboxylic acids is 1. The molecular weight excluding hydrogens is 164 g/mol. The fraction of sp³-hybridized carbons (Fsp3) is 0.900. The van der Waals surface area contributed by atoms with Crippen molar-refractivity contribution >= 4 is 5.91 Å². The molecule has 0 radical (unpaired) electrons. The second kappa shape index (κ2) is 3.29. The fourth-order valence-electron chi connectivity index (χ4n) is 2.81. The molecule has 2 aliphatic heterocycles. The highest BCUT2D eigenvalue weighted by Gasteiger charge is 2.39. The number of likely N-dealkylation sites (N-methyl/N-ethyl adjacent to an activating group) is 1. The minimum atomic E-state index is 0.253. The van der Waals surface area contributed by atoms with E-state index in [1.54, 1.807) is 6.92 Å². The molecule has 2 atom stereocenters. The van der Waals surface area contributed by atoms with Crippen LogP contribution >= 0.6 is 0 Å². The number of nitrogens with zero attached hydrogens (tertiary/aromatic N) is 2. The van der Waals surface area contributed by atoms with Gasteiger partial charge < -0.3 is 9.80 Å². The van der Waals surface area contributed by atoms with Gasteiger partial charge >= 0.3 is 0 Å². The zero-order chi connectivity index (χ0) is 9.42. The summed E-state index contributed by atoms with van der Waals surface area (Å²) >= 11 is 0. The van der Waals surface area contributed by atoms with Crippen LogP contribution in [0.2, 0.25) is 0 Å². The Bertz CT molecular complexity index is 217. The third-order valence-electron chi connectivity index (χ3n) is 3.49. The summed E-state index contributed by atoms with van der Waals surface area (Å²) in [6, 6.07) is 1.15. The summed E-state index contributed by atoms with van der Waals surface area (Å²) < 4.78 is 0. The van der Waals surface area contributed by atoms with E-state index in [0.29, 0.717) is 12.1 Å². The number of hydrogen-bond acceptors (Lipinski definition) is 2. The van der Waals surface area contributed by atoms with Gasteiger partial charge in [0.25, 0.3) is 0 Å². The molecule has 2 heterocycles. The van der Waals surface area contributed by atoms with Crippen LogP contribution < -0.4 is 0 Å². The van der Waals surface area contributed by atoms with Crippen molar-refractivity contribution < 1.29 is 4.79 Å². The molecule has 3 nitrogen and oxygen atoms in total. The molecule has 0 aromatic carbocycles. The Morgan fingerprint density at radius 2 is 2.00 bits per heavy atom.